The summed E-state index contributed by atoms with van der Waals surface area (Å²) in [4.78, 5) is 27.8. The van der Waals surface area contributed by atoms with Crippen LogP contribution in [0, 0.1) is 5.92 Å². The molecule has 0 aromatic heterocycles. The number of hydrogen-bond donors (Lipinski definition) is 2. The Balaban J connectivity index is 1.54. The van der Waals surface area contributed by atoms with Gasteiger partial charge in [0.15, 0.2) is 0 Å². The van der Waals surface area contributed by atoms with E-state index in [4.69, 9.17) is 23.2 Å². The number of halogens is 3. The van der Waals surface area contributed by atoms with Gasteiger partial charge in [-0.15, -0.1) is 23.2 Å². The summed E-state index contributed by atoms with van der Waals surface area (Å²) in [5.41, 5.74) is 5.29. The first kappa shape index (κ1) is 18.2. The van der Waals surface area contributed by atoms with Crippen molar-refractivity contribution in [1.29, 1.82) is 0 Å². The molecular weight excluding hydrogens is 358 g/mol. The number of alkyl halides is 3. The summed E-state index contributed by atoms with van der Waals surface area (Å²) in [6.07, 6.45) is 0.958. The fourth-order valence-electron chi connectivity index (χ4n) is 3.73. The summed E-state index contributed by atoms with van der Waals surface area (Å²) in [7, 11) is 0. The van der Waals surface area contributed by atoms with Crippen LogP contribution in [0.25, 0.3) is 0 Å². The lowest BCUT2D eigenvalue weighted by Gasteiger charge is -2.43. The van der Waals surface area contributed by atoms with Gasteiger partial charge in [-0.2, -0.15) is 0 Å². The number of nitrogens with zero attached hydrogens (tertiary/aromatic N) is 2. The highest BCUT2D eigenvalue weighted by Gasteiger charge is 2.39. The van der Waals surface area contributed by atoms with Gasteiger partial charge < -0.3 is 4.90 Å². The van der Waals surface area contributed by atoms with E-state index in [1.165, 1.54) is 0 Å². The zero-order valence-electron chi connectivity index (χ0n) is 13.4. The van der Waals surface area contributed by atoms with Crippen molar-refractivity contribution in [3.05, 3.63) is 0 Å². The van der Waals surface area contributed by atoms with Crippen LogP contribution in [0.15, 0.2) is 0 Å². The second-order valence-electron chi connectivity index (χ2n) is 6.84. The molecule has 5 unspecified atom stereocenters. The van der Waals surface area contributed by atoms with E-state index >= 15 is 0 Å². The molecule has 0 radical (unpaired) electrons. The molecule has 5 atom stereocenters. The standard InChI is InChI=1S/C15H23Cl2FN4O2/c16-10-2-1-9(11(18)5-10)7-22-4-3-21(8-13(22)23)12-6-19-20-15(24)14(12)17/h9-12,14,19H,1-8H2,(H,20,24). The van der Waals surface area contributed by atoms with E-state index in [2.05, 4.69) is 10.9 Å². The van der Waals surface area contributed by atoms with Crippen LogP contribution in [0.3, 0.4) is 0 Å². The molecule has 136 valence electrons. The average molecular weight is 381 g/mol. The van der Waals surface area contributed by atoms with E-state index in [-0.39, 0.29) is 35.7 Å². The fraction of sp³-hybridized carbons (Fsp3) is 0.867. The van der Waals surface area contributed by atoms with Crippen molar-refractivity contribution in [1.82, 2.24) is 20.7 Å². The predicted molar refractivity (Wildman–Crippen MR) is 89.6 cm³/mol. The lowest BCUT2D eigenvalue weighted by atomic mass is 9.86. The number of hydrazine groups is 1. The van der Waals surface area contributed by atoms with Crippen LogP contribution in [0.2, 0.25) is 0 Å². The molecule has 3 aliphatic rings. The highest BCUT2D eigenvalue weighted by Crippen LogP contribution is 2.31. The van der Waals surface area contributed by atoms with Crippen molar-refractivity contribution in [2.45, 2.75) is 42.2 Å². The maximum atomic E-state index is 14.1. The van der Waals surface area contributed by atoms with Crippen LogP contribution < -0.4 is 10.9 Å². The van der Waals surface area contributed by atoms with E-state index in [0.717, 1.165) is 12.8 Å². The lowest BCUT2D eigenvalue weighted by molar-refractivity contribution is -0.140. The summed E-state index contributed by atoms with van der Waals surface area (Å²) in [5, 5.41) is -0.769. The highest BCUT2D eigenvalue weighted by molar-refractivity contribution is 6.31. The van der Waals surface area contributed by atoms with E-state index in [1.807, 2.05) is 4.90 Å². The molecule has 2 heterocycles. The lowest BCUT2D eigenvalue weighted by Crippen LogP contribution is -2.65. The van der Waals surface area contributed by atoms with Crippen LogP contribution in [-0.4, -0.2) is 77.3 Å². The van der Waals surface area contributed by atoms with E-state index in [1.54, 1.807) is 4.90 Å². The Labute approximate surface area is 151 Å². The van der Waals surface area contributed by atoms with Gasteiger partial charge in [0.05, 0.1) is 6.54 Å². The Hall–Kier alpha value is -0.630. The molecule has 24 heavy (non-hydrogen) atoms. The minimum Gasteiger partial charge on any atom is -0.340 e. The molecule has 2 amide bonds. The minimum absolute atomic E-state index is 0.0312. The Kier molecular flexibility index (Phi) is 5.85. The maximum Gasteiger partial charge on any atom is 0.253 e. The van der Waals surface area contributed by atoms with E-state index in [0.29, 0.717) is 32.6 Å². The van der Waals surface area contributed by atoms with Crippen LogP contribution >= 0.6 is 23.2 Å². The molecule has 3 rings (SSSR count). The van der Waals surface area contributed by atoms with Gasteiger partial charge >= 0.3 is 0 Å². The Bertz CT molecular complexity index is 498. The summed E-state index contributed by atoms with van der Waals surface area (Å²) in [5.74, 6) is -0.435. The summed E-state index contributed by atoms with van der Waals surface area (Å²) in [6, 6.07) is -0.216. The second kappa shape index (κ2) is 7.72. The topological polar surface area (TPSA) is 64.7 Å². The molecule has 2 N–H and O–H groups in total. The molecule has 1 aliphatic carbocycles. The quantitative estimate of drug-likeness (QED) is 0.699. The van der Waals surface area contributed by atoms with Crippen molar-refractivity contribution in [2.75, 3.05) is 32.7 Å². The van der Waals surface area contributed by atoms with Gasteiger partial charge in [-0.05, 0) is 19.3 Å². The van der Waals surface area contributed by atoms with Gasteiger partial charge in [0.1, 0.15) is 11.5 Å². The first-order valence-electron chi connectivity index (χ1n) is 8.42. The zero-order valence-corrected chi connectivity index (χ0v) is 14.9. The third-order valence-electron chi connectivity index (χ3n) is 5.23. The van der Waals surface area contributed by atoms with Crippen molar-refractivity contribution >= 4 is 35.0 Å². The maximum absolute atomic E-state index is 14.1. The number of hydrogen-bond acceptors (Lipinski definition) is 4. The molecule has 0 aromatic carbocycles. The average Bonchev–Trinajstić information content (AvgIpc) is 2.54. The van der Waals surface area contributed by atoms with Gasteiger partial charge in [0.2, 0.25) is 5.91 Å². The molecule has 0 bridgehead atoms. The zero-order chi connectivity index (χ0) is 17.3. The van der Waals surface area contributed by atoms with Crippen molar-refractivity contribution < 1.29 is 14.0 Å². The van der Waals surface area contributed by atoms with Crippen molar-refractivity contribution in [2.24, 2.45) is 5.92 Å². The molecule has 2 saturated heterocycles. The summed E-state index contributed by atoms with van der Waals surface area (Å²) >= 11 is 12.2. The third kappa shape index (κ3) is 3.95. The van der Waals surface area contributed by atoms with Gasteiger partial charge in [0.25, 0.3) is 5.91 Å². The van der Waals surface area contributed by atoms with Crippen molar-refractivity contribution in [3.8, 4) is 0 Å². The first-order valence-corrected chi connectivity index (χ1v) is 9.29. The van der Waals surface area contributed by atoms with Crippen LogP contribution in [0.5, 0.6) is 0 Å². The molecule has 3 fully saturated rings. The normalized spacial score (nSPS) is 39.0. The molecule has 2 aliphatic heterocycles. The minimum atomic E-state index is -0.939. The highest BCUT2D eigenvalue weighted by atomic mass is 35.5. The number of nitrogens with one attached hydrogen (secondary N) is 2. The smallest absolute Gasteiger partial charge is 0.253 e. The molecule has 9 heteroatoms. The van der Waals surface area contributed by atoms with Gasteiger partial charge in [-0.1, -0.05) is 0 Å². The summed E-state index contributed by atoms with van der Waals surface area (Å²) in [6.45, 7) is 2.33. The third-order valence-corrected chi connectivity index (χ3v) is 6.11. The number of carbonyl (C=O) groups excluding carboxylic acids is 2. The Morgan fingerprint density at radius 1 is 1.21 bits per heavy atom. The molecule has 6 nitrogen and oxygen atoms in total. The van der Waals surface area contributed by atoms with E-state index in [9.17, 15) is 14.0 Å². The van der Waals surface area contributed by atoms with E-state index < -0.39 is 11.5 Å². The van der Waals surface area contributed by atoms with Gasteiger partial charge in [-0.25, -0.2) is 9.82 Å². The van der Waals surface area contributed by atoms with Gasteiger partial charge in [-0.3, -0.25) is 19.9 Å². The molecule has 1 saturated carbocycles. The number of carbonyl (C=O) groups is 2. The van der Waals surface area contributed by atoms with Gasteiger partial charge in [0, 0.05) is 43.5 Å². The fourth-order valence-corrected chi connectivity index (χ4v) is 4.33. The molecular formula is C15H23Cl2FN4O2. The second-order valence-corrected chi connectivity index (χ2v) is 7.92. The molecule has 0 spiro atoms. The first-order chi connectivity index (χ1) is 11.5. The number of piperazine rings is 1. The molecule has 0 aromatic rings. The van der Waals surface area contributed by atoms with Crippen molar-refractivity contribution in [3.63, 3.8) is 0 Å². The number of rotatable bonds is 3. The predicted octanol–water partition coefficient (Wildman–Crippen LogP) is 0.487. The largest absolute Gasteiger partial charge is 0.340 e. The van der Waals surface area contributed by atoms with Crippen LogP contribution in [0.4, 0.5) is 4.39 Å². The van der Waals surface area contributed by atoms with Crippen LogP contribution in [0.1, 0.15) is 19.3 Å². The Morgan fingerprint density at radius 3 is 2.71 bits per heavy atom. The monoisotopic (exact) mass is 380 g/mol. The summed E-state index contributed by atoms with van der Waals surface area (Å²) < 4.78 is 14.1. The number of amides is 2. The Morgan fingerprint density at radius 2 is 2.00 bits per heavy atom. The van der Waals surface area contributed by atoms with Crippen LogP contribution in [-0.2, 0) is 9.59 Å². The SMILES string of the molecule is O=C1NNCC(N2CCN(CC3CCC(Cl)CC3F)C(=O)C2)C1Cl.